The van der Waals surface area contributed by atoms with E-state index in [1.54, 1.807) is 23.3 Å². The molecule has 0 atom stereocenters. The molecular formula is C12H16IN5. The molecule has 18 heavy (non-hydrogen) atoms. The van der Waals surface area contributed by atoms with Crippen LogP contribution >= 0.6 is 22.6 Å². The topological polar surface area (TPSA) is 55.6 Å². The van der Waals surface area contributed by atoms with Crippen LogP contribution in [0.1, 0.15) is 26.5 Å². The third kappa shape index (κ3) is 3.74. The highest BCUT2D eigenvalue weighted by Crippen LogP contribution is 2.08. The molecule has 1 N–H and O–H groups in total. The standard InChI is InChI=1S/C12H16IN5/c1-12(2,3)15-6-10-5-14-7-11(17-10)18-8-9(13)4-16-18/h4-5,7-8,15H,6H2,1-3H3. The fraction of sp³-hybridized carbons (Fsp3) is 0.417. The summed E-state index contributed by atoms with van der Waals surface area (Å²) in [7, 11) is 0. The lowest BCUT2D eigenvalue weighted by Gasteiger charge is -2.20. The molecule has 0 unspecified atom stereocenters. The average Bonchev–Trinajstić information content (AvgIpc) is 2.73. The number of rotatable bonds is 3. The fourth-order valence-electron chi connectivity index (χ4n) is 1.37. The van der Waals surface area contributed by atoms with Crippen LogP contribution in [0, 0.1) is 3.57 Å². The van der Waals surface area contributed by atoms with E-state index in [-0.39, 0.29) is 5.54 Å². The zero-order chi connectivity index (χ0) is 13.2. The highest BCUT2D eigenvalue weighted by atomic mass is 127. The summed E-state index contributed by atoms with van der Waals surface area (Å²) in [6.45, 7) is 7.07. The van der Waals surface area contributed by atoms with Crippen LogP contribution in [0.25, 0.3) is 5.82 Å². The molecule has 0 aliphatic rings. The van der Waals surface area contributed by atoms with Gasteiger partial charge in [-0.25, -0.2) is 9.67 Å². The molecular weight excluding hydrogens is 341 g/mol. The van der Waals surface area contributed by atoms with Gasteiger partial charge in [-0.15, -0.1) is 0 Å². The summed E-state index contributed by atoms with van der Waals surface area (Å²) in [6.07, 6.45) is 7.20. The summed E-state index contributed by atoms with van der Waals surface area (Å²) >= 11 is 2.22. The highest BCUT2D eigenvalue weighted by molar-refractivity contribution is 14.1. The molecule has 0 saturated heterocycles. The monoisotopic (exact) mass is 357 g/mol. The van der Waals surface area contributed by atoms with Gasteiger partial charge in [0.2, 0.25) is 0 Å². The molecule has 0 radical (unpaired) electrons. The molecule has 0 aromatic carbocycles. The normalized spacial score (nSPS) is 11.8. The first-order valence-electron chi connectivity index (χ1n) is 5.70. The molecule has 0 fully saturated rings. The Kier molecular flexibility index (Phi) is 3.96. The Hall–Kier alpha value is -1.02. The molecule has 0 aliphatic carbocycles. The van der Waals surface area contributed by atoms with Crippen LogP contribution in [0.5, 0.6) is 0 Å². The van der Waals surface area contributed by atoms with Crippen LogP contribution < -0.4 is 5.32 Å². The summed E-state index contributed by atoms with van der Waals surface area (Å²) < 4.78 is 2.81. The molecule has 0 spiro atoms. The summed E-state index contributed by atoms with van der Waals surface area (Å²) in [5, 5.41) is 7.61. The van der Waals surface area contributed by atoms with Gasteiger partial charge in [0.05, 0.1) is 21.7 Å². The largest absolute Gasteiger partial charge is 0.306 e. The second-order valence-electron chi connectivity index (χ2n) is 5.08. The van der Waals surface area contributed by atoms with Crippen LogP contribution in [-0.4, -0.2) is 25.3 Å². The molecule has 96 valence electrons. The van der Waals surface area contributed by atoms with Gasteiger partial charge >= 0.3 is 0 Å². The third-order valence-corrected chi connectivity index (χ3v) is 2.81. The van der Waals surface area contributed by atoms with Crippen molar-refractivity contribution in [2.75, 3.05) is 0 Å². The molecule has 0 aliphatic heterocycles. The molecule has 0 saturated carbocycles. The second kappa shape index (κ2) is 5.31. The molecule has 5 nitrogen and oxygen atoms in total. The average molecular weight is 357 g/mol. The molecule has 2 aromatic rings. The first kappa shape index (κ1) is 13.4. The second-order valence-corrected chi connectivity index (χ2v) is 6.32. The van der Waals surface area contributed by atoms with E-state index in [2.05, 4.69) is 63.7 Å². The number of nitrogens with one attached hydrogen (secondary N) is 1. The minimum absolute atomic E-state index is 0.0682. The van der Waals surface area contributed by atoms with Gasteiger partial charge < -0.3 is 5.32 Å². The quantitative estimate of drug-likeness (QED) is 0.856. The first-order valence-corrected chi connectivity index (χ1v) is 6.78. The number of hydrogen-bond donors (Lipinski definition) is 1. The predicted molar refractivity (Wildman–Crippen MR) is 78.5 cm³/mol. The van der Waals surface area contributed by atoms with E-state index in [1.165, 1.54) is 0 Å². The fourth-order valence-corrected chi connectivity index (χ4v) is 1.76. The van der Waals surface area contributed by atoms with Gasteiger partial charge in [0, 0.05) is 24.5 Å². The Morgan fingerprint density at radius 2 is 2.06 bits per heavy atom. The Morgan fingerprint density at radius 3 is 2.67 bits per heavy atom. The lowest BCUT2D eigenvalue weighted by Crippen LogP contribution is -2.35. The van der Waals surface area contributed by atoms with Gasteiger partial charge in [0.1, 0.15) is 0 Å². The maximum Gasteiger partial charge on any atom is 0.172 e. The zero-order valence-corrected chi connectivity index (χ0v) is 12.8. The maximum absolute atomic E-state index is 4.53. The van der Waals surface area contributed by atoms with Crippen molar-refractivity contribution in [1.82, 2.24) is 25.1 Å². The van der Waals surface area contributed by atoms with Crippen LogP contribution in [0.15, 0.2) is 24.8 Å². The Labute approximate surface area is 120 Å². The lowest BCUT2D eigenvalue weighted by atomic mass is 10.1. The van der Waals surface area contributed by atoms with E-state index in [0.29, 0.717) is 6.54 Å². The third-order valence-electron chi connectivity index (χ3n) is 2.26. The van der Waals surface area contributed by atoms with Crippen LogP contribution in [0.3, 0.4) is 0 Å². The summed E-state index contributed by atoms with van der Waals surface area (Å²) in [6, 6.07) is 0. The number of hydrogen-bond acceptors (Lipinski definition) is 4. The summed E-state index contributed by atoms with van der Waals surface area (Å²) in [5.41, 5.74) is 0.978. The minimum atomic E-state index is 0.0682. The van der Waals surface area contributed by atoms with Crippen molar-refractivity contribution in [3.63, 3.8) is 0 Å². The molecule has 2 aromatic heterocycles. The zero-order valence-electron chi connectivity index (χ0n) is 10.7. The van der Waals surface area contributed by atoms with E-state index in [1.807, 2.05) is 6.20 Å². The number of nitrogens with zero attached hydrogens (tertiary/aromatic N) is 4. The van der Waals surface area contributed by atoms with Gasteiger partial charge in [0.15, 0.2) is 5.82 Å². The summed E-state index contributed by atoms with van der Waals surface area (Å²) in [4.78, 5) is 8.74. The molecule has 2 heterocycles. The molecule has 6 heteroatoms. The minimum Gasteiger partial charge on any atom is -0.306 e. The van der Waals surface area contributed by atoms with E-state index < -0.39 is 0 Å². The van der Waals surface area contributed by atoms with Gasteiger partial charge in [-0.1, -0.05) is 0 Å². The van der Waals surface area contributed by atoms with Crippen molar-refractivity contribution in [3.05, 3.63) is 34.1 Å². The molecule has 0 amide bonds. The Balaban J connectivity index is 2.15. The van der Waals surface area contributed by atoms with Crippen molar-refractivity contribution in [2.45, 2.75) is 32.9 Å². The SMILES string of the molecule is CC(C)(C)NCc1cncc(-n2cc(I)cn2)n1. The van der Waals surface area contributed by atoms with E-state index in [9.17, 15) is 0 Å². The van der Waals surface area contributed by atoms with Crippen molar-refractivity contribution in [1.29, 1.82) is 0 Å². The summed E-state index contributed by atoms with van der Waals surface area (Å²) in [5.74, 6) is 0.742. The van der Waals surface area contributed by atoms with Crippen LogP contribution in [0.4, 0.5) is 0 Å². The van der Waals surface area contributed by atoms with Gasteiger partial charge in [0.25, 0.3) is 0 Å². The maximum atomic E-state index is 4.53. The number of halogens is 1. The molecule has 2 rings (SSSR count). The van der Waals surface area contributed by atoms with Crippen molar-refractivity contribution in [3.8, 4) is 5.82 Å². The molecule has 0 bridgehead atoms. The van der Waals surface area contributed by atoms with Crippen LogP contribution in [0.2, 0.25) is 0 Å². The number of aromatic nitrogens is 4. The van der Waals surface area contributed by atoms with Gasteiger partial charge in [-0.05, 0) is 43.4 Å². The van der Waals surface area contributed by atoms with Gasteiger partial charge in [-0.2, -0.15) is 5.10 Å². The Bertz CT molecular complexity index is 529. The Morgan fingerprint density at radius 1 is 1.28 bits per heavy atom. The van der Waals surface area contributed by atoms with Crippen LogP contribution in [-0.2, 0) is 6.54 Å². The van der Waals surface area contributed by atoms with Crippen molar-refractivity contribution < 1.29 is 0 Å². The van der Waals surface area contributed by atoms with Gasteiger partial charge in [-0.3, -0.25) is 4.98 Å². The smallest absolute Gasteiger partial charge is 0.172 e. The van der Waals surface area contributed by atoms with Crippen molar-refractivity contribution in [2.24, 2.45) is 0 Å². The van der Waals surface area contributed by atoms with E-state index >= 15 is 0 Å². The van der Waals surface area contributed by atoms with E-state index in [4.69, 9.17) is 0 Å². The lowest BCUT2D eigenvalue weighted by molar-refractivity contribution is 0.420. The highest BCUT2D eigenvalue weighted by Gasteiger charge is 2.09. The predicted octanol–water partition coefficient (Wildman–Crippen LogP) is 2.16. The van der Waals surface area contributed by atoms with Crippen molar-refractivity contribution >= 4 is 22.6 Å². The van der Waals surface area contributed by atoms with E-state index in [0.717, 1.165) is 15.1 Å². The first-order chi connectivity index (χ1) is 8.44.